The quantitative estimate of drug-likeness (QED) is 0.840. The molecular formula is C15H19NO4S. The van der Waals surface area contributed by atoms with Gasteiger partial charge >= 0.3 is 5.97 Å². The molecule has 114 valence electrons. The Morgan fingerprint density at radius 2 is 1.76 bits per heavy atom. The van der Waals surface area contributed by atoms with Crippen LogP contribution in [0.15, 0.2) is 29.2 Å². The van der Waals surface area contributed by atoms with Crippen LogP contribution in [0.4, 0.5) is 0 Å². The van der Waals surface area contributed by atoms with Crippen molar-refractivity contribution in [3.63, 3.8) is 0 Å². The molecule has 0 saturated heterocycles. The van der Waals surface area contributed by atoms with Crippen molar-refractivity contribution in [2.24, 2.45) is 5.41 Å². The SMILES string of the molecule is CC1(CNS(=O)(=O)c2ccc(C3(C(=O)O)CC3)cc2)CC1. The van der Waals surface area contributed by atoms with Gasteiger partial charge in [0, 0.05) is 6.54 Å². The van der Waals surface area contributed by atoms with Gasteiger partial charge in [0.1, 0.15) is 0 Å². The summed E-state index contributed by atoms with van der Waals surface area (Å²) in [7, 11) is -3.51. The lowest BCUT2D eigenvalue weighted by Gasteiger charge is -2.13. The molecular weight excluding hydrogens is 290 g/mol. The van der Waals surface area contributed by atoms with E-state index in [1.54, 1.807) is 12.1 Å². The average Bonchev–Trinajstić information content (AvgIpc) is 3.33. The molecule has 0 bridgehead atoms. The van der Waals surface area contributed by atoms with Crippen molar-refractivity contribution >= 4 is 16.0 Å². The fourth-order valence-corrected chi connectivity index (χ4v) is 3.65. The number of carboxylic acids is 1. The lowest BCUT2D eigenvalue weighted by Crippen LogP contribution is -2.29. The Kier molecular flexibility index (Phi) is 3.15. The summed E-state index contributed by atoms with van der Waals surface area (Å²) in [5, 5.41) is 9.24. The molecule has 0 amide bonds. The van der Waals surface area contributed by atoms with Gasteiger partial charge in [-0.25, -0.2) is 13.1 Å². The molecule has 2 aliphatic carbocycles. The van der Waals surface area contributed by atoms with E-state index in [4.69, 9.17) is 0 Å². The summed E-state index contributed by atoms with van der Waals surface area (Å²) >= 11 is 0. The van der Waals surface area contributed by atoms with E-state index in [9.17, 15) is 18.3 Å². The molecule has 0 aromatic heterocycles. The lowest BCUT2D eigenvalue weighted by molar-refractivity contribution is -0.140. The van der Waals surface area contributed by atoms with Crippen LogP contribution in [-0.2, 0) is 20.2 Å². The first-order valence-electron chi connectivity index (χ1n) is 7.11. The molecule has 2 saturated carbocycles. The van der Waals surface area contributed by atoms with E-state index in [1.165, 1.54) is 12.1 Å². The Bertz CT molecular complexity index is 670. The molecule has 0 spiro atoms. The smallest absolute Gasteiger partial charge is 0.314 e. The van der Waals surface area contributed by atoms with Crippen molar-refractivity contribution in [1.82, 2.24) is 4.72 Å². The van der Waals surface area contributed by atoms with Gasteiger partial charge in [0.2, 0.25) is 10.0 Å². The third kappa shape index (κ3) is 2.70. The van der Waals surface area contributed by atoms with Crippen LogP contribution >= 0.6 is 0 Å². The molecule has 0 heterocycles. The largest absolute Gasteiger partial charge is 0.481 e. The van der Waals surface area contributed by atoms with E-state index >= 15 is 0 Å². The number of carboxylic acid groups (broad SMARTS) is 1. The van der Waals surface area contributed by atoms with Gasteiger partial charge in [0.25, 0.3) is 0 Å². The summed E-state index contributed by atoms with van der Waals surface area (Å²) in [6.45, 7) is 2.51. The minimum absolute atomic E-state index is 0.106. The van der Waals surface area contributed by atoms with Gasteiger partial charge in [0.15, 0.2) is 0 Å². The fraction of sp³-hybridized carbons (Fsp3) is 0.533. The van der Waals surface area contributed by atoms with Crippen LogP contribution in [0.5, 0.6) is 0 Å². The van der Waals surface area contributed by atoms with E-state index < -0.39 is 21.4 Å². The van der Waals surface area contributed by atoms with Gasteiger partial charge in [-0.3, -0.25) is 4.79 Å². The highest BCUT2D eigenvalue weighted by atomic mass is 32.2. The maximum Gasteiger partial charge on any atom is 0.314 e. The van der Waals surface area contributed by atoms with Crippen molar-refractivity contribution in [1.29, 1.82) is 0 Å². The van der Waals surface area contributed by atoms with Crippen molar-refractivity contribution in [3.8, 4) is 0 Å². The molecule has 3 rings (SSSR count). The first kappa shape index (κ1) is 14.5. The fourth-order valence-electron chi connectivity index (χ4n) is 2.45. The molecule has 0 radical (unpaired) electrons. The standard InChI is InChI=1S/C15H19NO4S/c1-14(6-7-14)10-16-21(19,20)12-4-2-11(3-5-12)15(8-9-15)13(17)18/h2-5,16H,6-10H2,1H3,(H,17,18). The van der Waals surface area contributed by atoms with Crippen LogP contribution in [0.2, 0.25) is 0 Å². The Balaban J connectivity index is 1.76. The summed E-state index contributed by atoms with van der Waals surface area (Å²) in [4.78, 5) is 11.4. The minimum Gasteiger partial charge on any atom is -0.481 e. The molecule has 2 aliphatic rings. The number of hydrogen-bond acceptors (Lipinski definition) is 3. The monoisotopic (exact) mass is 309 g/mol. The van der Waals surface area contributed by atoms with Gasteiger partial charge < -0.3 is 5.11 Å². The molecule has 21 heavy (non-hydrogen) atoms. The highest BCUT2D eigenvalue weighted by Gasteiger charge is 2.51. The molecule has 0 aliphatic heterocycles. The summed E-state index contributed by atoms with van der Waals surface area (Å²) in [5.41, 5.74) is -0.00546. The molecule has 0 atom stereocenters. The average molecular weight is 309 g/mol. The maximum absolute atomic E-state index is 12.2. The van der Waals surface area contributed by atoms with Crippen molar-refractivity contribution in [2.45, 2.75) is 42.9 Å². The van der Waals surface area contributed by atoms with Crippen LogP contribution in [0.25, 0.3) is 0 Å². The number of carbonyl (C=O) groups is 1. The highest BCUT2D eigenvalue weighted by molar-refractivity contribution is 7.89. The van der Waals surface area contributed by atoms with Crippen LogP contribution in [0, 0.1) is 5.41 Å². The van der Waals surface area contributed by atoms with Gasteiger partial charge in [-0.1, -0.05) is 19.1 Å². The third-order valence-electron chi connectivity index (χ3n) is 4.67. The highest BCUT2D eigenvalue weighted by Crippen LogP contribution is 2.48. The Morgan fingerprint density at radius 1 is 1.19 bits per heavy atom. The molecule has 2 fully saturated rings. The molecule has 1 aromatic carbocycles. The number of aliphatic carboxylic acids is 1. The van der Waals surface area contributed by atoms with E-state index in [0.29, 0.717) is 24.9 Å². The third-order valence-corrected chi connectivity index (χ3v) is 6.09. The van der Waals surface area contributed by atoms with Gasteiger partial charge in [-0.2, -0.15) is 0 Å². The second-order valence-corrected chi connectivity index (χ2v) is 8.31. The number of nitrogens with one attached hydrogen (secondary N) is 1. The van der Waals surface area contributed by atoms with Gasteiger partial charge in [-0.15, -0.1) is 0 Å². The van der Waals surface area contributed by atoms with Crippen molar-refractivity contribution in [2.75, 3.05) is 6.54 Å². The molecule has 2 N–H and O–H groups in total. The minimum atomic E-state index is -3.51. The Hall–Kier alpha value is -1.40. The van der Waals surface area contributed by atoms with Gasteiger partial charge in [0.05, 0.1) is 10.3 Å². The van der Waals surface area contributed by atoms with E-state index in [-0.39, 0.29) is 10.3 Å². The van der Waals surface area contributed by atoms with Crippen molar-refractivity contribution < 1.29 is 18.3 Å². The van der Waals surface area contributed by atoms with Crippen LogP contribution < -0.4 is 4.72 Å². The van der Waals surface area contributed by atoms with E-state index in [2.05, 4.69) is 11.6 Å². The summed E-state index contributed by atoms with van der Waals surface area (Å²) in [6.07, 6.45) is 3.33. The zero-order valence-corrected chi connectivity index (χ0v) is 12.7. The topological polar surface area (TPSA) is 83.5 Å². The van der Waals surface area contributed by atoms with Gasteiger partial charge in [-0.05, 0) is 48.8 Å². The summed E-state index contributed by atoms with van der Waals surface area (Å²) in [5.74, 6) is -0.835. The summed E-state index contributed by atoms with van der Waals surface area (Å²) < 4.78 is 27.0. The predicted octanol–water partition coefficient (Wildman–Crippen LogP) is 1.88. The maximum atomic E-state index is 12.2. The van der Waals surface area contributed by atoms with Crippen LogP contribution in [0.1, 0.15) is 38.2 Å². The van der Waals surface area contributed by atoms with Crippen LogP contribution in [0.3, 0.4) is 0 Å². The lowest BCUT2D eigenvalue weighted by atomic mass is 9.96. The Labute approximate surface area is 124 Å². The van der Waals surface area contributed by atoms with E-state index in [0.717, 1.165) is 12.8 Å². The molecule has 6 heteroatoms. The second kappa shape index (κ2) is 4.55. The predicted molar refractivity (Wildman–Crippen MR) is 77.5 cm³/mol. The zero-order chi connectivity index (χ0) is 15.3. The first-order valence-corrected chi connectivity index (χ1v) is 8.60. The number of hydrogen-bond donors (Lipinski definition) is 2. The van der Waals surface area contributed by atoms with Crippen molar-refractivity contribution in [3.05, 3.63) is 29.8 Å². The number of benzene rings is 1. The van der Waals surface area contributed by atoms with E-state index in [1.807, 2.05) is 0 Å². The molecule has 1 aromatic rings. The Morgan fingerprint density at radius 3 is 2.19 bits per heavy atom. The number of sulfonamides is 1. The number of rotatable bonds is 6. The summed E-state index contributed by atoms with van der Waals surface area (Å²) in [6, 6.07) is 6.23. The molecule has 5 nitrogen and oxygen atoms in total. The molecule has 0 unspecified atom stereocenters. The van der Waals surface area contributed by atoms with Crippen LogP contribution in [-0.4, -0.2) is 26.0 Å². The second-order valence-electron chi connectivity index (χ2n) is 6.55. The normalized spacial score (nSPS) is 21.8. The zero-order valence-electron chi connectivity index (χ0n) is 11.9. The first-order chi connectivity index (χ1) is 9.78.